The number of rotatable bonds is 4. The van der Waals surface area contributed by atoms with Crippen molar-refractivity contribution in [1.29, 1.82) is 0 Å². The molecular formula is C18H13F3N2O2. The van der Waals surface area contributed by atoms with Gasteiger partial charge in [-0.1, -0.05) is 24.3 Å². The predicted molar refractivity (Wildman–Crippen MR) is 84.9 cm³/mol. The fourth-order valence-electron chi connectivity index (χ4n) is 2.32. The molecule has 3 rings (SSSR count). The number of ether oxygens (including phenoxy) is 1. The Morgan fingerprint density at radius 1 is 0.920 bits per heavy atom. The largest absolute Gasteiger partial charge is 0.437 e. The molecule has 7 heteroatoms. The van der Waals surface area contributed by atoms with Crippen LogP contribution in [0.15, 0.2) is 60.9 Å². The van der Waals surface area contributed by atoms with E-state index >= 15 is 0 Å². The van der Waals surface area contributed by atoms with Crippen LogP contribution in [0.4, 0.5) is 13.2 Å². The van der Waals surface area contributed by atoms with Gasteiger partial charge in [0.15, 0.2) is 0 Å². The Labute approximate surface area is 141 Å². The van der Waals surface area contributed by atoms with E-state index < -0.39 is 11.9 Å². The molecule has 0 saturated carbocycles. The average molecular weight is 346 g/mol. The van der Waals surface area contributed by atoms with E-state index in [4.69, 9.17) is 4.74 Å². The van der Waals surface area contributed by atoms with Gasteiger partial charge in [-0.3, -0.25) is 0 Å². The van der Waals surface area contributed by atoms with Gasteiger partial charge in [-0.2, -0.15) is 13.2 Å². The Hall–Kier alpha value is -2.93. The van der Waals surface area contributed by atoms with E-state index in [0.717, 1.165) is 17.8 Å². The number of halogens is 3. The second-order valence-corrected chi connectivity index (χ2v) is 5.15. The summed E-state index contributed by atoms with van der Waals surface area (Å²) in [5, 5.41) is 9.49. The summed E-state index contributed by atoms with van der Waals surface area (Å²) in [6.45, 7) is -0.160. The third-order valence-corrected chi connectivity index (χ3v) is 3.49. The number of benzene rings is 1. The van der Waals surface area contributed by atoms with Crippen LogP contribution in [0.3, 0.4) is 0 Å². The van der Waals surface area contributed by atoms with Crippen LogP contribution in [0.5, 0.6) is 11.6 Å². The lowest BCUT2D eigenvalue weighted by molar-refractivity contribution is -0.141. The molecule has 0 amide bonds. The van der Waals surface area contributed by atoms with Crippen LogP contribution in [-0.2, 0) is 12.8 Å². The molecule has 0 spiro atoms. The maximum atomic E-state index is 12.6. The summed E-state index contributed by atoms with van der Waals surface area (Å²) in [7, 11) is 0. The first kappa shape index (κ1) is 16.9. The summed E-state index contributed by atoms with van der Waals surface area (Å²) in [5.74, 6) is 0.347. The first-order valence-electron chi connectivity index (χ1n) is 7.34. The Morgan fingerprint density at radius 2 is 1.68 bits per heavy atom. The minimum Gasteiger partial charge on any atom is -0.437 e. The fourth-order valence-corrected chi connectivity index (χ4v) is 2.32. The molecule has 1 N–H and O–H groups in total. The van der Waals surface area contributed by atoms with Gasteiger partial charge in [0, 0.05) is 11.8 Å². The van der Waals surface area contributed by atoms with E-state index in [0.29, 0.717) is 11.1 Å². The van der Waals surface area contributed by atoms with Gasteiger partial charge < -0.3 is 9.84 Å². The fraction of sp³-hybridized carbons (Fsp3) is 0.111. The van der Waals surface area contributed by atoms with Gasteiger partial charge in [-0.05, 0) is 35.4 Å². The van der Waals surface area contributed by atoms with E-state index in [-0.39, 0.29) is 18.2 Å². The summed E-state index contributed by atoms with van der Waals surface area (Å²) >= 11 is 0. The number of pyridine rings is 2. The molecule has 0 saturated heterocycles. The molecule has 0 bridgehead atoms. The first-order chi connectivity index (χ1) is 12.0. The number of alkyl halides is 3. The van der Waals surface area contributed by atoms with Gasteiger partial charge in [0.1, 0.15) is 11.4 Å². The Morgan fingerprint density at radius 3 is 2.36 bits per heavy atom. The third kappa shape index (κ3) is 3.77. The summed E-state index contributed by atoms with van der Waals surface area (Å²) in [5.41, 5.74) is 1.04. The van der Waals surface area contributed by atoms with Crippen molar-refractivity contribution >= 4 is 0 Å². The molecule has 0 aliphatic heterocycles. The molecule has 25 heavy (non-hydrogen) atoms. The summed E-state index contributed by atoms with van der Waals surface area (Å²) < 4.78 is 43.3. The van der Waals surface area contributed by atoms with Crippen LogP contribution >= 0.6 is 0 Å². The number of hydrogen-bond donors (Lipinski definition) is 1. The first-order valence-corrected chi connectivity index (χ1v) is 7.34. The highest BCUT2D eigenvalue weighted by atomic mass is 19.4. The molecule has 0 unspecified atom stereocenters. The number of aromatic nitrogens is 2. The Kier molecular flexibility index (Phi) is 4.67. The van der Waals surface area contributed by atoms with Crippen molar-refractivity contribution in [1.82, 2.24) is 9.97 Å². The molecule has 128 valence electrons. The highest BCUT2D eigenvalue weighted by molar-refractivity contribution is 5.71. The topological polar surface area (TPSA) is 55.2 Å². The Bertz CT molecular complexity index is 865. The molecule has 2 heterocycles. The van der Waals surface area contributed by atoms with Gasteiger partial charge in [-0.15, -0.1) is 0 Å². The van der Waals surface area contributed by atoms with Gasteiger partial charge in [-0.25, -0.2) is 9.97 Å². The normalized spacial score (nSPS) is 11.4. The summed E-state index contributed by atoms with van der Waals surface area (Å²) in [4.78, 5) is 7.51. The monoisotopic (exact) mass is 346 g/mol. The molecule has 0 radical (unpaired) electrons. The molecule has 0 aliphatic rings. The van der Waals surface area contributed by atoms with Crippen molar-refractivity contribution in [2.24, 2.45) is 0 Å². The number of nitrogens with zero attached hydrogens (tertiary/aromatic N) is 2. The van der Waals surface area contributed by atoms with Crippen molar-refractivity contribution in [3.8, 4) is 22.8 Å². The zero-order valence-corrected chi connectivity index (χ0v) is 12.9. The highest BCUT2D eigenvalue weighted by Gasteiger charge is 2.32. The highest BCUT2D eigenvalue weighted by Crippen LogP contribution is 2.34. The van der Waals surface area contributed by atoms with Crippen molar-refractivity contribution < 1.29 is 23.0 Å². The molecule has 1 aromatic carbocycles. The zero-order valence-electron chi connectivity index (χ0n) is 12.9. The molecule has 0 aliphatic carbocycles. The lowest BCUT2D eigenvalue weighted by Crippen LogP contribution is -2.07. The smallest absolute Gasteiger partial charge is 0.433 e. The van der Waals surface area contributed by atoms with Crippen LogP contribution in [0.2, 0.25) is 0 Å². The third-order valence-electron chi connectivity index (χ3n) is 3.49. The molecule has 3 aromatic rings. The van der Waals surface area contributed by atoms with Crippen LogP contribution in [0.25, 0.3) is 11.1 Å². The minimum absolute atomic E-state index is 0.134. The van der Waals surface area contributed by atoms with Crippen molar-refractivity contribution in [2.75, 3.05) is 0 Å². The van der Waals surface area contributed by atoms with Gasteiger partial charge >= 0.3 is 6.18 Å². The second-order valence-electron chi connectivity index (χ2n) is 5.15. The second kappa shape index (κ2) is 6.90. The van der Waals surface area contributed by atoms with E-state index in [1.807, 2.05) is 6.07 Å². The standard InChI is InChI=1S/C18H13F3N2O2/c19-18(20,21)16-8-7-13(10-23-16)25-17-15(6-3-9-22-17)14-5-2-1-4-12(14)11-24/h1-10,24H,11H2. The number of aliphatic hydroxyl groups excluding tert-OH is 1. The van der Waals surface area contributed by atoms with Crippen molar-refractivity contribution in [2.45, 2.75) is 12.8 Å². The zero-order chi connectivity index (χ0) is 17.9. The quantitative estimate of drug-likeness (QED) is 0.758. The van der Waals surface area contributed by atoms with Gasteiger partial charge in [0.05, 0.1) is 12.8 Å². The van der Waals surface area contributed by atoms with Crippen LogP contribution < -0.4 is 4.74 Å². The Balaban J connectivity index is 1.94. The van der Waals surface area contributed by atoms with Crippen molar-refractivity contribution in [3.05, 3.63) is 72.2 Å². The molecule has 0 fully saturated rings. The van der Waals surface area contributed by atoms with Gasteiger partial charge in [0.25, 0.3) is 0 Å². The van der Waals surface area contributed by atoms with Crippen molar-refractivity contribution in [3.63, 3.8) is 0 Å². The van der Waals surface area contributed by atoms with E-state index in [1.165, 1.54) is 12.3 Å². The molecule has 0 atom stereocenters. The maximum Gasteiger partial charge on any atom is 0.433 e. The predicted octanol–water partition coefficient (Wildman–Crippen LogP) is 4.45. The number of hydrogen-bond acceptors (Lipinski definition) is 4. The lowest BCUT2D eigenvalue weighted by Gasteiger charge is -2.13. The van der Waals surface area contributed by atoms with Crippen LogP contribution in [0, 0.1) is 0 Å². The molecular weight excluding hydrogens is 333 g/mol. The lowest BCUT2D eigenvalue weighted by atomic mass is 10.0. The van der Waals surface area contributed by atoms with Crippen LogP contribution in [0.1, 0.15) is 11.3 Å². The summed E-state index contributed by atoms with van der Waals surface area (Å²) in [6.07, 6.45) is -1.99. The van der Waals surface area contributed by atoms with E-state index in [2.05, 4.69) is 9.97 Å². The average Bonchev–Trinajstić information content (AvgIpc) is 2.62. The maximum absolute atomic E-state index is 12.6. The molecule has 2 aromatic heterocycles. The van der Waals surface area contributed by atoms with E-state index in [9.17, 15) is 18.3 Å². The minimum atomic E-state index is -4.51. The van der Waals surface area contributed by atoms with Gasteiger partial charge in [0.2, 0.25) is 5.88 Å². The summed E-state index contributed by atoms with van der Waals surface area (Å²) in [6, 6.07) is 12.7. The molecule has 4 nitrogen and oxygen atoms in total. The van der Waals surface area contributed by atoms with Crippen LogP contribution in [-0.4, -0.2) is 15.1 Å². The SMILES string of the molecule is OCc1ccccc1-c1cccnc1Oc1ccc(C(F)(F)F)nc1. The van der Waals surface area contributed by atoms with E-state index in [1.54, 1.807) is 30.3 Å². The number of aliphatic hydroxyl groups is 1.